The smallest absolute Gasteiger partial charge is 0.255 e. The van der Waals surface area contributed by atoms with Crippen molar-refractivity contribution in [3.8, 4) is 5.75 Å². The van der Waals surface area contributed by atoms with Crippen molar-refractivity contribution in [2.75, 3.05) is 19.7 Å². The number of nitrogens with zero attached hydrogens (tertiary/aromatic N) is 1. The number of ether oxygens (including phenoxy) is 1. The Morgan fingerprint density at radius 3 is 2.69 bits per heavy atom. The van der Waals surface area contributed by atoms with Crippen LogP contribution in [0.5, 0.6) is 5.75 Å². The third kappa shape index (κ3) is 5.74. The molecular weight excluding hydrogens is 452 g/mol. The monoisotopic (exact) mass is 486 g/mol. The van der Waals surface area contributed by atoms with Crippen molar-refractivity contribution in [1.29, 1.82) is 0 Å². The number of fused-ring (bicyclic) bond motifs is 2. The summed E-state index contributed by atoms with van der Waals surface area (Å²) in [5.74, 6) is 1.62. The van der Waals surface area contributed by atoms with Gasteiger partial charge in [-0.25, -0.2) is 0 Å². The van der Waals surface area contributed by atoms with E-state index in [1.807, 2.05) is 12.1 Å². The molecule has 0 aromatic heterocycles. The van der Waals surface area contributed by atoms with Crippen LogP contribution < -0.4 is 10.1 Å². The molecule has 0 spiro atoms. The molecule has 1 N–H and O–H groups in total. The minimum absolute atomic E-state index is 0.0281. The van der Waals surface area contributed by atoms with Crippen LogP contribution in [0.3, 0.4) is 0 Å². The third-order valence-corrected chi connectivity index (χ3v) is 8.06. The molecule has 0 saturated heterocycles. The molecule has 2 heterocycles. The molecule has 3 aromatic carbocycles. The lowest BCUT2D eigenvalue weighted by atomic mass is 9.93. The number of unbranched alkanes of at least 4 members (excludes halogenated alkanes) is 1. The van der Waals surface area contributed by atoms with E-state index in [1.54, 1.807) is 11.8 Å². The predicted octanol–water partition coefficient (Wildman–Crippen LogP) is 5.87. The maximum Gasteiger partial charge on any atom is 0.255 e. The molecule has 0 aliphatic carbocycles. The molecule has 0 radical (unpaired) electrons. The Morgan fingerprint density at radius 1 is 1.06 bits per heavy atom. The number of hydrogen-bond donors (Lipinski definition) is 1. The molecule has 5 rings (SSSR count). The van der Waals surface area contributed by atoms with E-state index in [2.05, 4.69) is 71.7 Å². The molecule has 2 aliphatic heterocycles. The van der Waals surface area contributed by atoms with Crippen LogP contribution in [-0.2, 0) is 25.1 Å². The van der Waals surface area contributed by atoms with Gasteiger partial charge in [0, 0.05) is 36.2 Å². The number of hydrogen-bond acceptors (Lipinski definition) is 4. The zero-order chi connectivity index (χ0) is 24.0. The number of nitrogens with one attached hydrogen (secondary N) is 1. The normalized spacial score (nSPS) is 16.9. The van der Waals surface area contributed by atoms with Crippen molar-refractivity contribution in [2.45, 2.75) is 55.8 Å². The first kappa shape index (κ1) is 24.0. The third-order valence-electron chi connectivity index (χ3n) is 7.01. The number of amides is 1. The summed E-state index contributed by atoms with van der Waals surface area (Å²) in [6.07, 6.45) is 4.18. The van der Waals surface area contributed by atoms with Crippen LogP contribution in [-0.4, -0.2) is 36.5 Å². The lowest BCUT2D eigenvalue weighted by molar-refractivity contribution is 0.0921. The standard InChI is InChI=1S/C30H34N2O2S/c1-2-3-14-32-20-25-12-8-7-11-23(25)16-26(32)19-31-30(33)28-18-27(17-24-13-15-34-29(24)28)35-21-22-9-5-4-6-10-22/h4-12,17-18,26H,2-3,13-16,19-21H2,1H3,(H,31,33)/t26-/m1/s1. The van der Waals surface area contributed by atoms with Crippen LogP contribution in [0.25, 0.3) is 0 Å². The van der Waals surface area contributed by atoms with Crippen molar-refractivity contribution >= 4 is 17.7 Å². The highest BCUT2D eigenvalue weighted by atomic mass is 32.2. The fraction of sp³-hybridized carbons (Fsp3) is 0.367. The average Bonchev–Trinajstić information content (AvgIpc) is 3.38. The largest absolute Gasteiger partial charge is 0.492 e. The molecule has 5 heteroatoms. The molecule has 0 unspecified atom stereocenters. The molecule has 2 aliphatic rings. The highest BCUT2D eigenvalue weighted by Crippen LogP contribution is 2.35. The molecule has 182 valence electrons. The summed E-state index contributed by atoms with van der Waals surface area (Å²) in [7, 11) is 0. The highest BCUT2D eigenvalue weighted by molar-refractivity contribution is 7.98. The lowest BCUT2D eigenvalue weighted by Crippen LogP contribution is -2.47. The van der Waals surface area contributed by atoms with Crippen LogP contribution >= 0.6 is 11.8 Å². The first-order chi connectivity index (χ1) is 17.2. The van der Waals surface area contributed by atoms with E-state index in [0.717, 1.165) is 47.9 Å². The van der Waals surface area contributed by atoms with Gasteiger partial charge in [-0.05, 0) is 53.8 Å². The summed E-state index contributed by atoms with van der Waals surface area (Å²) < 4.78 is 5.90. The van der Waals surface area contributed by atoms with Gasteiger partial charge in [-0.1, -0.05) is 67.9 Å². The van der Waals surface area contributed by atoms with Crippen molar-refractivity contribution < 1.29 is 9.53 Å². The quantitative estimate of drug-likeness (QED) is 0.384. The average molecular weight is 487 g/mol. The summed E-state index contributed by atoms with van der Waals surface area (Å²) in [5, 5.41) is 3.27. The number of rotatable bonds is 9. The van der Waals surface area contributed by atoms with Crippen LogP contribution in [0.15, 0.2) is 71.6 Å². The van der Waals surface area contributed by atoms with Crippen LogP contribution in [0.1, 0.15) is 52.4 Å². The highest BCUT2D eigenvalue weighted by Gasteiger charge is 2.27. The first-order valence-corrected chi connectivity index (χ1v) is 13.8. The summed E-state index contributed by atoms with van der Waals surface area (Å²) in [6, 6.07) is 23.7. The van der Waals surface area contributed by atoms with E-state index in [9.17, 15) is 4.79 Å². The van der Waals surface area contributed by atoms with E-state index >= 15 is 0 Å². The van der Waals surface area contributed by atoms with Gasteiger partial charge >= 0.3 is 0 Å². The minimum Gasteiger partial charge on any atom is -0.492 e. The van der Waals surface area contributed by atoms with Gasteiger partial charge in [-0.2, -0.15) is 0 Å². The Labute approximate surface area is 213 Å². The maximum atomic E-state index is 13.4. The molecule has 35 heavy (non-hydrogen) atoms. The zero-order valence-electron chi connectivity index (χ0n) is 20.5. The molecule has 3 aromatic rings. The second kappa shape index (κ2) is 11.3. The molecule has 4 nitrogen and oxygen atoms in total. The van der Waals surface area contributed by atoms with Crippen molar-refractivity contribution in [1.82, 2.24) is 10.2 Å². The predicted molar refractivity (Wildman–Crippen MR) is 143 cm³/mol. The van der Waals surface area contributed by atoms with Crippen molar-refractivity contribution in [3.05, 3.63) is 94.5 Å². The van der Waals surface area contributed by atoms with Gasteiger partial charge in [0.05, 0.1) is 12.2 Å². The zero-order valence-corrected chi connectivity index (χ0v) is 21.3. The Hall–Kier alpha value is -2.76. The van der Waals surface area contributed by atoms with E-state index in [-0.39, 0.29) is 5.91 Å². The molecule has 1 amide bonds. The first-order valence-electron chi connectivity index (χ1n) is 12.8. The fourth-order valence-electron chi connectivity index (χ4n) is 5.04. The van der Waals surface area contributed by atoms with Crippen molar-refractivity contribution in [3.63, 3.8) is 0 Å². The molecule has 1 atom stereocenters. The maximum absolute atomic E-state index is 13.4. The van der Waals surface area contributed by atoms with E-state index in [1.165, 1.54) is 29.5 Å². The number of carbonyl (C=O) groups excluding carboxylic acids is 1. The topological polar surface area (TPSA) is 41.6 Å². The van der Waals surface area contributed by atoms with Crippen molar-refractivity contribution in [2.24, 2.45) is 0 Å². The van der Waals surface area contributed by atoms with E-state index < -0.39 is 0 Å². The summed E-state index contributed by atoms with van der Waals surface area (Å²) in [6.45, 7) is 5.55. The Balaban J connectivity index is 1.29. The number of carbonyl (C=O) groups is 1. The van der Waals surface area contributed by atoms with E-state index in [4.69, 9.17) is 4.74 Å². The Kier molecular flexibility index (Phi) is 7.75. The number of benzene rings is 3. The van der Waals surface area contributed by atoms with Gasteiger partial charge in [0.15, 0.2) is 0 Å². The molecule has 0 fully saturated rings. The minimum atomic E-state index is -0.0281. The van der Waals surface area contributed by atoms with Crippen LogP contribution in [0.2, 0.25) is 0 Å². The van der Waals surface area contributed by atoms with E-state index in [0.29, 0.717) is 24.8 Å². The molecule has 0 saturated carbocycles. The van der Waals surface area contributed by atoms with Gasteiger partial charge in [0.2, 0.25) is 0 Å². The lowest BCUT2D eigenvalue weighted by Gasteiger charge is -2.37. The Bertz CT molecular complexity index is 1160. The second-order valence-electron chi connectivity index (χ2n) is 9.49. The fourth-order valence-corrected chi connectivity index (χ4v) is 6.00. The van der Waals surface area contributed by atoms with Gasteiger partial charge in [0.25, 0.3) is 5.91 Å². The van der Waals surface area contributed by atoms with Gasteiger partial charge < -0.3 is 10.1 Å². The second-order valence-corrected chi connectivity index (χ2v) is 10.5. The summed E-state index contributed by atoms with van der Waals surface area (Å²) in [4.78, 5) is 17.1. The number of thioether (sulfide) groups is 1. The van der Waals surface area contributed by atoms with Gasteiger partial charge in [0.1, 0.15) is 5.75 Å². The SMILES string of the molecule is CCCCN1Cc2ccccc2C[C@@H]1CNC(=O)c1cc(SCc2ccccc2)cc2c1OCC2. The van der Waals surface area contributed by atoms with Crippen LogP contribution in [0.4, 0.5) is 0 Å². The van der Waals surface area contributed by atoms with Gasteiger partial charge in [-0.15, -0.1) is 11.8 Å². The Morgan fingerprint density at radius 2 is 1.86 bits per heavy atom. The van der Waals surface area contributed by atoms with Crippen LogP contribution in [0, 0.1) is 0 Å². The summed E-state index contributed by atoms with van der Waals surface area (Å²) in [5.41, 5.74) is 5.92. The summed E-state index contributed by atoms with van der Waals surface area (Å²) >= 11 is 1.78. The molecule has 0 bridgehead atoms. The van der Waals surface area contributed by atoms with Gasteiger partial charge in [-0.3, -0.25) is 9.69 Å². The molecular formula is C30H34N2O2S.